The van der Waals surface area contributed by atoms with Crippen molar-refractivity contribution in [3.05, 3.63) is 30.1 Å². The molecule has 0 atom stereocenters. The van der Waals surface area contributed by atoms with Crippen LogP contribution in [-0.2, 0) is 22.6 Å². The molecule has 0 spiro atoms. The molecule has 0 aliphatic heterocycles. The summed E-state index contributed by atoms with van der Waals surface area (Å²) in [5.41, 5.74) is 1.89. The van der Waals surface area contributed by atoms with E-state index in [-0.39, 0.29) is 17.7 Å². The SMILES string of the molecule is CN(C(=O)Cn1c(CCNC(=O)C2CCCCC2)nc2ccccc21)C1CCCCC1. The van der Waals surface area contributed by atoms with E-state index in [0.29, 0.717) is 25.6 Å². The minimum absolute atomic E-state index is 0.141. The van der Waals surface area contributed by atoms with Gasteiger partial charge in [-0.1, -0.05) is 50.7 Å². The van der Waals surface area contributed by atoms with E-state index in [2.05, 4.69) is 5.32 Å². The summed E-state index contributed by atoms with van der Waals surface area (Å²) < 4.78 is 2.05. The molecule has 1 aromatic carbocycles. The maximum Gasteiger partial charge on any atom is 0.242 e. The maximum atomic E-state index is 13.1. The van der Waals surface area contributed by atoms with Crippen LogP contribution in [0.1, 0.15) is 70.0 Å². The molecule has 1 N–H and O–H groups in total. The van der Waals surface area contributed by atoms with Crippen LogP contribution in [0.4, 0.5) is 0 Å². The number of hydrogen-bond donors (Lipinski definition) is 1. The number of nitrogens with one attached hydrogen (secondary N) is 1. The molecule has 4 rings (SSSR count). The highest BCUT2D eigenvalue weighted by atomic mass is 16.2. The number of imidazole rings is 1. The van der Waals surface area contributed by atoms with Crippen LogP contribution in [0.5, 0.6) is 0 Å². The molecule has 0 unspecified atom stereocenters. The molecular formula is C25H36N4O2. The van der Waals surface area contributed by atoms with Crippen LogP contribution in [0, 0.1) is 5.92 Å². The first-order valence-corrected chi connectivity index (χ1v) is 12.1. The second-order valence-electron chi connectivity index (χ2n) is 9.28. The highest BCUT2D eigenvalue weighted by Gasteiger charge is 2.24. The van der Waals surface area contributed by atoms with Crippen LogP contribution in [0.3, 0.4) is 0 Å². The van der Waals surface area contributed by atoms with E-state index in [1.54, 1.807) is 0 Å². The van der Waals surface area contributed by atoms with Crippen molar-refractivity contribution in [3.8, 4) is 0 Å². The lowest BCUT2D eigenvalue weighted by Crippen LogP contribution is -2.40. The Hall–Kier alpha value is -2.37. The van der Waals surface area contributed by atoms with Gasteiger partial charge in [0.25, 0.3) is 0 Å². The van der Waals surface area contributed by atoms with Crippen LogP contribution >= 0.6 is 0 Å². The van der Waals surface area contributed by atoms with Crippen LogP contribution in [0.2, 0.25) is 0 Å². The molecule has 31 heavy (non-hydrogen) atoms. The number of rotatable bonds is 7. The summed E-state index contributed by atoms with van der Waals surface area (Å²) in [6.07, 6.45) is 12.1. The minimum Gasteiger partial charge on any atom is -0.355 e. The van der Waals surface area contributed by atoms with E-state index in [1.165, 1.54) is 25.7 Å². The second-order valence-corrected chi connectivity index (χ2v) is 9.28. The normalized spacial score (nSPS) is 18.2. The number of amides is 2. The molecule has 168 valence electrons. The Kier molecular flexibility index (Phi) is 7.25. The first-order valence-electron chi connectivity index (χ1n) is 12.1. The molecular weight excluding hydrogens is 388 g/mol. The molecule has 2 aliphatic carbocycles. The van der Waals surface area contributed by atoms with Gasteiger partial charge in [0.1, 0.15) is 12.4 Å². The zero-order valence-corrected chi connectivity index (χ0v) is 18.8. The monoisotopic (exact) mass is 424 g/mol. The van der Waals surface area contributed by atoms with E-state index in [4.69, 9.17) is 4.98 Å². The summed E-state index contributed by atoms with van der Waals surface area (Å²) in [6.45, 7) is 0.866. The first kappa shape index (κ1) is 21.8. The smallest absolute Gasteiger partial charge is 0.242 e. The zero-order chi connectivity index (χ0) is 21.6. The third kappa shape index (κ3) is 5.28. The highest BCUT2D eigenvalue weighted by molar-refractivity contribution is 5.81. The van der Waals surface area contributed by atoms with Crippen LogP contribution < -0.4 is 5.32 Å². The van der Waals surface area contributed by atoms with Crippen molar-refractivity contribution in [2.45, 2.75) is 83.2 Å². The molecule has 0 bridgehead atoms. The molecule has 1 heterocycles. The van der Waals surface area contributed by atoms with Gasteiger partial charge in [-0.05, 0) is 37.8 Å². The van der Waals surface area contributed by atoms with E-state index in [0.717, 1.165) is 55.4 Å². The summed E-state index contributed by atoms with van der Waals surface area (Å²) in [6, 6.07) is 8.34. The van der Waals surface area contributed by atoms with Gasteiger partial charge in [0.15, 0.2) is 0 Å². The van der Waals surface area contributed by atoms with Crippen molar-refractivity contribution in [3.63, 3.8) is 0 Å². The lowest BCUT2D eigenvalue weighted by Gasteiger charge is -2.31. The van der Waals surface area contributed by atoms with Gasteiger partial charge < -0.3 is 14.8 Å². The zero-order valence-electron chi connectivity index (χ0n) is 18.8. The standard InChI is InChI=1S/C25H36N4O2/c1-28(20-12-6-3-7-13-20)24(30)18-29-22-15-9-8-14-21(22)27-23(29)16-17-26-25(31)19-10-4-2-5-11-19/h8-9,14-15,19-20H,2-7,10-13,16-18H2,1H3,(H,26,31). The topological polar surface area (TPSA) is 67.2 Å². The van der Waals surface area contributed by atoms with Gasteiger partial charge in [-0.3, -0.25) is 9.59 Å². The molecule has 1 aromatic heterocycles. The van der Waals surface area contributed by atoms with E-state index in [1.807, 2.05) is 40.8 Å². The number of likely N-dealkylation sites (N-methyl/N-ethyl adjacent to an activating group) is 1. The van der Waals surface area contributed by atoms with Gasteiger partial charge in [0, 0.05) is 32.0 Å². The number of para-hydroxylation sites is 2. The number of nitrogens with zero attached hydrogens (tertiary/aromatic N) is 3. The summed E-state index contributed by atoms with van der Waals surface area (Å²) in [5, 5.41) is 3.11. The van der Waals surface area contributed by atoms with Crippen molar-refractivity contribution < 1.29 is 9.59 Å². The fraction of sp³-hybridized carbons (Fsp3) is 0.640. The highest BCUT2D eigenvalue weighted by Crippen LogP contribution is 2.24. The number of carbonyl (C=O) groups is 2. The Balaban J connectivity index is 1.42. The quantitative estimate of drug-likeness (QED) is 0.729. The predicted octanol–water partition coefficient (Wildman–Crippen LogP) is 4.07. The molecule has 6 heteroatoms. The van der Waals surface area contributed by atoms with Crippen LogP contribution in [0.15, 0.2) is 24.3 Å². The molecule has 2 fully saturated rings. The predicted molar refractivity (Wildman–Crippen MR) is 123 cm³/mol. The summed E-state index contributed by atoms with van der Waals surface area (Å²) >= 11 is 0. The first-order chi connectivity index (χ1) is 15.1. The molecule has 2 amide bonds. The third-order valence-electron chi connectivity index (χ3n) is 7.17. The Labute approximate surface area is 185 Å². The van der Waals surface area contributed by atoms with E-state index >= 15 is 0 Å². The largest absolute Gasteiger partial charge is 0.355 e. The fourth-order valence-electron chi connectivity index (χ4n) is 5.22. The molecule has 2 aliphatic rings. The van der Waals surface area contributed by atoms with E-state index < -0.39 is 0 Å². The van der Waals surface area contributed by atoms with Gasteiger partial charge in [-0.2, -0.15) is 0 Å². The summed E-state index contributed by atoms with van der Waals surface area (Å²) in [4.78, 5) is 32.3. The number of carbonyl (C=O) groups excluding carboxylic acids is 2. The van der Waals surface area contributed by atoms with Crippen molar-refractivity contribution in [1.29, 1.82) is 0 Å². The lowest BCUT2D eigenvalue weighted by atomic mass is 9.89. The van der Waals surface area contributed by atoms with Crippen molar-refractivity contribution in [2.75, 3.05) is 13.6 Å². The van der Waals surface area contributed by atoms with Crippen LogP contribution in [-0.4, -0.2) is 45.9 Å². The fourth-order valence-corrected chi connectivity index (χ4v) is 5.22. The number of fused-ring (bicyclic) bond motifs is 1. The average Bonchev–Trinajstić information content (AvgIpc) is 3.16. The number of aromatic nitrogens is 2. The lowest BCUT2D eigenvalue weighted by molar-refractivity contribution is -0.133. The Morgan fingerprint density at radius 2 is 1.71 bits per heavy atom. The van der Waals surface area contributed by atoms with Gasteiger partial charge in [0.05, 0.1) is 11.0 Å². The van der Waals surface area contributed by atoms with Gasteiger partial charge in [-0.15, -0.1) is 0 Å². The summed E-state index contributed by atoms with van der Waals surface area (Å²) in [5.74, 6) is 1.35. The van der Waals surface area contributed by atoms with Crippen molar-refractivity contribution in [1.82, 2.24) is 19.8 Å². The molecule has 6 nitrogen and oxygen atoms in total. The third-order valence-corrected chi connectivity index (χ3v) is 7.17. The molecule has 2 saturated carbocycles. The minimum atomic E-state index is 0.141. The Bertz CT molecular complexity index is 894. The summed E-state index contributed by atoms with van der Waals surface area (Å²) in [7, 11) is 1.95. The molecule has 0 radical (unpaired) electrons. The van der Waals surface area contributed by atoms with Crippen molar-refractivity contribution >= 4 is 22.8 Å². The Morgan fingerprint density at radius 1 is 1.03 bits per heavy atom. The average molecular weight is 425 g/mol. The number of benzene rings is 1. The van der Waals surface area contributed by atoms with Gasteiger partial charge in [-0.25, -0.2) is 4.98 Å². The van der Waals surface area contributed by atoms with Crippen molar-refractivity contribution in [2.24, 2.45) is 5.92 Å². The van der Waals surface area contributed by atoms with E-state index in [9.17, 15) is 9.59 Å². The van der Waals surface area contributed by atoms with Crippen LogP contribution in [0.25, 0.3) is 11.0 Å². The maximum absolute atomic E-state index is 13.1. The number of hydrogen-bond acceptors (Lipinski definition) is 3. The van der Waals surface area contributed by atoms with Gasteiger partial charge >= 0.3 is 0 Å². The second kappa shape index (κ2) is 10.3. The molecule has 2 aromatic rings. The Morgan fingerprint density at radius 3 is 2.45 bits per heavy atom. The molecule has 0 saturated heterocycles. The van der Waals surface area contributed by atoms with Gasteiger partial charge in [0.2, 0.25) is 11.8 Å².